The first-order valence-electron chi connectivity index (χ1n) is 19.3. The average molecular weight is 713 g/mol. The molecule has 0 aromatic heterocycles. The van der Waals surface area contributed by atoms with E-state index in [2.05, 4.69) is 228 Å². The van der Waals surface area contributed by atoms with Gasteiger partial charge in [-0.2, -0.15) is 0 Å². The first-order chi connectivity index (χ1) is 27.8. The molecule has 0 unspecified atom stereocenters. The van der Waals surface area contributed by atoms with Crippen molar-refractivity contribution in [3.8, 4) is 11.1 Å². The van der Waals surface area contributed by atoms with Crippen molar-refractivity contribution in [2.75, 3.05) is 9.80 Å². The molecule has 0 aliphatic carbocycles. The van der Waals surface area contributed by atoms with Crippen molar-refractivity contribution in [2.45, 2.75) is 0 Å². The van der Waals surface area contributed by atoms with E-state index in [0.717, 1.165) is 28.4 Å². The summed E-state index contributed by atoms with van der Waals surface area (Å²) in [6.45, 7) is 0. The van der Waals surface area contributed by atoms with Crippen molar-refractivity contribution in [3.05, 3.63) is 218 Å². The molecule has 11 rings (SSSR count). The van der Waals surface area contributed by atoms with E-state index in [1.807, 2.05) is 0 Å². The molecule has 0 N–H and O–H groups in total. The highest BCUT2D eigenvalue weighted by Crippen LogP contribution is 2.47. The van der Waals surface area contributed by atoms with Crippen molar-refractivity contribution >= 4 is 88.0 Å². The monoisotopic (exact) mass is 712 g/mol. The first-order valence-corrected chi connectivity index (χ1v) is 19.3. The predicted molar refractivity (Wildman–Crippen MR) is 240 cm³/mol. The molecule has 0 spiro atoms. The maximum atomic E-state index is 2.43. The molecule has 0 amide bonds. The van der Waals surface area contributed by atoms with Gasteiger partial charge in [0.2, 0.25) is 0 Å². The number of hydrogen-bond acceptors (Lipinski definition) is 2. The molecular weight excluding hydrogens is 677 g/mol. The summed E-state index contributed by atoms with van der Waals surface area (Å²) in [5.74, 6) is 0. The van der Waals surface area contributed by atoms with E-state index in [1.165, 1.54) is 70.7 Å². The highest BCUT2D eigenvalue weighted by atomic mass is 15.1. The largest absolute Gasteiger partial charge is 0.310 e. The average Bonchev–Trinajstić information content (AvgIpc) is 3.27. The Bertz CT molecular complexity index is 3180. The summed E-state index contributed by atoms with van der Waals surface area (Å²) in [5, 5.41) is 12.5. The normalized spacial score (nSPS) is 11.6. The van der Waals surface area contributed by atoms with Crippen LogP contribution in [0.5, 0.6) is 0 Å². The molecular formula is C54H36N2. The van der Waals surface area contributed by atoms with Crippen LogP contribution in [0.1, 0.15) is 0 Å². The zero-order valence-corrected chi connectivity index (χ0v) is 30.7. The van der Waals surface area contributed by atoms with Gasteiger partial charge in [-0.15, -0.1) is 0 Å². The number of para-hydroxylation sites is 2. The minimum absolute atomic E-state index is 1.12. The summed E-state index contributed by atoms with van der Waals surface area (Å²) in [4.78, 5) is 4.80. The predicted octanol–water partition coefficient (Wildman–Crippen LogP) is 15.5. The van der Waals surface area contributed by atoms with Crippen LogP contribution < -0.4 is 9.80 Å². The Kier molecular flexibility index (Phi) is 7.53. The van der Waals surface area contributed by atoms with Gasteiger partial charge in [0.15, 0.2) is 0 Å². The third-order valence-corrected chi connectivity index (χ3v) is 11.4. The van der Waals surface area contributed by atoms with E-state index in [1.54, 1.807) is 0 Å². The number of benzene rings is 11. The molecule has 11 aromatic rings. The second-order valence-corrected chi connectivity index (χ2v) is 14.5. The van der Waals surface area contributed by atoms with Gasteiger partial charge < -0.3 is 9.80 Å². The van der Waals surface area contributed by atoms with E-state index < -0.39 is 0 Å². The Morgan fingerprint density at radius 1 is 0.232 bits per heavy atom. The van der Waals surface area contributed by atoms with Crippen LogP contribution in [0.3, 0.4) is 0 Å². The molecule has 0 aliphatic rings. The van der Waals surface area contributed by atoms with Crippen molar-refractivity contribution < 1.29 is 0 Å². The van der Waals surface area contributed by atoms with Crippen LogP contribution >= 0.6 is 0 Å². The van der Waals surface area contributed by atoms with E-state index in [9.17, 15) is 0 Å². The molecule has 0 bridgehead atoms. The fourth-order valence-electron chi connectivity index (χ4n) is 8.82. The van der Waals surface area contributed by atoms with Crippen molar-refractivity contribution in [3.63, 3.8) is 0 Å². The topological polar surface area (TPSA) is 6.48 Å². The number of rotatable bonds is 7. The Hall–Kier alpha value is -7.42. The highest BCUT2D eigenvalue weighted by Gasteiger charge is 2.21. The van der Waals surface area contributed by atoms with Crippen LogP contribution in [0.2, 0.25) is 0 Å². The highest BCUT2D eigenvalue weighted by molar-refractivity contribution is 6.28. The Balaban J connectivity index is 1.07. The van der Waals surface area contributed by atoms with E-state index in [-0.39, 0.29) is 0 Å². The van der Waals surface area contributed by atoms with Crippen LogP contribution in [0.25, 0.3) is 65.0 Å². The summed E-state index contributed by atoms with van der Waals surface area (Å²) < 4.78 is 0. The number of nitrogens with zero attached hydrogens (tertiary/aromatic N) is 2. The van der Waals surface area contributed by atoms with E-state index >= 15 is 0 Å². The number of hydrogen-bond donors (Lipinski definition) is 0. The molecule has 2 heteroatoms. The summed E-state index contributed by atoms with van der Waals surface area (Å²) in [6, 6.07) is 79.4. The van der Waals surface area contributed by atoms with Gasteiger partial charge in [0, 0.05) is 33.2 Å². The molecule has 0 saturated heterocycles. The molecule has 0 atom stereocenters. The van der Waals surface area contributed by atoms with Gasteiger partial charge in [0.25, 0.3) is 0 Å². The molecule has 0 radical (unpaired) electrons. The second-order valence-electron chi connectivity index (χ2n) is 14.5. The van der Waals surface area contributed by atoms with Crippen molar-refractivity contribution in [1.29, 1.82) is 0 Å². The van der Waals surface area contributed by atoms with Gasteiger partial charge in [0.1, 0.15) is 0 Å². The molecule has 2 nitrogen and oxygen atoms in total. The maximum Gasteiger partial charge on any atom is 0.0540 e. The van der Waals surface area contributed by atoms with Crippen molar-refractivity contribution in [2.24, 2.45) is 0 Å². The lowest BCUT2D eigenvalue weighted by molar-refractivity contribution is 1.30. The molecule has 56 heavy (non-hydrogen) atoms. The fourth-order valence-corrected chi connectivity index (χ4v) is 8.82. The van der Waals surface area contributed by atoms with Gasteiger partial charge in [-0.05, 0) is 103 Å². The fraction of sp³-hybridized carbons (Fsp3) is 0. The van der Waals surface area contributed by atoms with Crippen LogP contribution in [-0.4, -0.2) is 0 Å². The quantitative estimate of drug-likeness (QED) is 0.152. The third kappa shape index (κ3) is 5.19. The van der Waals surface area contributed by atoms with Crippen LogP contribution in [0.15, 0.2) is 218 Å². The maximum absolute atomic E-state index is 2.43. The lowest BCUT2D eigenvalue weighted by Crippen LogP contribution is -2.11. The summed E-state index contributed by atoms with van der Waals surface area (Å²) in [6.07, 6.45) is 0. The molecule has 0 aliphatic heterocycles. The Labute approximate surface area is 326 Å². The van der Waals surface area contributed by atoms with E-state index in [0.29, 0.717) is 0 Å². The zero-order valence-electron chi connectivity index (χ0n) is 30.7. The van der Waals surface area contributed by atoms with Crippen LogP contribution in [0, 0.1) is 0 Å². The standard InChI is InChI=1S/C54H36N2/c1-3-17-42(18-4-1)55(50-23-11-15-37-13-7-9-21-46(37)50)44-31-25-39(26-32-44)45-33-27-40-29-35-49-52(36-30-41-28-34-48(45)53(40)54(41)49)56(43-19-5-2-6-20-43)51-24-12-16-38-14-8-10-22-47(38)51/h1-36H. The lowest BCUT2D eigenvalue weighted by atomic mass is 9.89. The van der Waals surface area contributed by atoms with Crippen molar-refractivity contribution in [1.82, 2.24) is 0 Å². The molecule has 0 saturated carbocycles. The van der Waals surface area contributed by atoms with Gasteiger partial charge in [0.05, 0.1) is 17.1 Å². The third-order valence-electron chi connectivity index (χ3n) is 11.4. The SMILES string of the molecule is c1ccc(N(c2ccc(-c3ccc4ccc5c(N(c6ccccc6)c6cccc7ccccc67)ccc6ccc3c4c65)cc2)c2cccc3ccccc23)cc1. The first kappa shape index (κ1) is 32.0. The van der Waals surface area contributed by atoms with Gasteiger partial charge >= 0.3 is 0 Å². The molecule has 11 aromatic carbocycles. The summed E-state index contributed by atoms with van der Waals surface area (Å²) in [7, 11) is 0. The smallest absolute Gasteiger partial charge is 0.0540 e. The van der Waals surface area contributed by atoms with Crippen LogP contribution in [0.4, 0.5) is 34.1 Å². The molecule has 0 fully saturated rings. The summed E-state index contributed by atoms with van der Waals surface area (Å²) in [5.41, 5.74) is 9.29. The van der Waals surface area contributed by atoms with Crippen LogP contribution in [-0.2, 0) is 0 Å². The minimum Gasteiger partial charge on any atom is -0.310 e. The van der Waals surface area contributed by atoms with Gasteiger partial charge in [-0.25, -0.2) is 0 Å². The molecule has 262 valence electrons. The van der Waals surface area contributed by atoms with Gasteiger partial charge in [-0.3, -0.25) is 0 Å². The summed E-state index contributed by atoms with van der Waals surface area (Å²) >= 11 is 0. The minimum atomic E-state index is 1.12. The van der Waals surface area contributed by atoms with Gasteiger partial charge in [-0.1, -0.05) is 164 Å². The Morgan fingerprint density at radius 2 is 0.679 bits per heavy atom. The number of fused-ring (bicyclic) bond motifs is 2. The Morgan fingerprint density at radius 3 is 1.32 bits per heavy atom. The number of anilines is 6. The second kappa shape index (κ2) is 13.2. The molecule has 0 heterocycles. The lowest BCUT2D eigenvalue weighted by Gasteiger charge is -2.29. The zero-order chi connectivity index (χ0) is 37.0. The van der Waals surface area contributed by atoms with E-state index in [4.69, 9.17) is 0 Å².